The molecule has 4 rings (SSSR count). The van der Waals surface area contributed by atoms with Gasteiger partial charge in [0.2, 0.25) is 5.91 Å². The molecule has 0 atom stereocenters. The Bertz CT molecular complexity index is 1530. The van der Waals surface area contributed by atoms with Gasteiger partial charge in [0.25, 0.3) is 0 Å². The second kappa shape index (κ2) is 12.5. The van der Waals surface area contributed by atoms with Crippen molar-refractivity contribution in [2.45, 2.75) is 32.7 Å². The number of carbonyl (C=O) groups excluding carboxylic acids is 2. The second-order valence-corrected chi connectivity index (χ2v) is 11.8. The maximum absolute atomic E-state index is 13.4. The minimum Gasteiger partial charge on any atom is -0.311 e. The summed E-state index contributed by atoms with van der Waals surface area (Å²) in [6, 6.07) is 20.5. The number of hydrogen-bond acceptors (Lipinski definition) is 3. The van der Waals surface area contributed by atoms with Gasteiger partial charge in [0.15, 0.2) is 0 Å². The first-order valence-electron chi connectivity index (χ1n) is 12.3. The Labute approximate surface area is 253 Å². The maximum atomic E-state index is 13.4. The summed E-state index contributed by atoms with van der Waals surface area (Å²) >= 11 is 24.6. The van der Waals surface area contributed by atoms with Crippen molar-refractivity contribution in [2.75, 3.05) is 17.2 Å². The van der Waals surface area contributed by atoms with Crippen LogP contribution in [-0.4, -0.2) is 33.2 Å². The third-order valence-corrected chi connectivity index (χ3v) is 7.19. The van der Waals surface area contributed by atoms with Gasteiger partial charge in [-0.3, -0.25) is 4.79 Å². The van der Waals surface area contributed by atoms with Gasteiger partial charge in [0.05, 0.1) is 32.1 Å². The molecule has 3 aromatic carbocycles. The molecular formula is C29H27Cl4N5O2. The van der Waals surface area contributed by atoms with Crippen LogP contribution in [0.2, 0.25) is 20.1 Å². The van der Waals surface area contributed by atoms with E-state index < -0.39 is 11.9 Å². The van der Waals surface area contributed by atoms with Crippen molar-refractivity contribution in [1.82, 2.24) is 14.7 Å². The molecule has 0 aliphatic carbocycles. The number of aromatic nitrogens is 2. The molecule has 11 heteroatoms. The Morgan fingerprint density at radius 3 is 2.23 bits per heavy atom. The van der Waals surface area contributed by atoms with E-state index in [1.165, 1.54) is 11.0 Å². The number of urea groups is 1. The van der Waals surface area contributed by atoms with Gasteiger partial charge in [-0.25, -0.2) is 9.48 Å². The lowest BCUT2D eigenvalue weighted by Crippen LogP contribution is -2.40. The number of nitrogens with zero attached hydrogens (tertiary/aromatic N) is 3. The van der Waals surface area contributed by atoms with Crippen LogP contribution in [0.15, 0.2) is 72.8 Å². The van der Waals surface area contributed by atoms with Crippen LogP contribution in [0.25, 0.3) is 5.69 Å². The number of hydrogen-bond donors (Lipinski definition) is 2. The summed E-state index contributed by atoms with van der Waals surface area (Å²) in [4.78, 5) is 28.1. The van der Waals surface area contributed by atoms with Gasteiger partial charge in [-0.2, -0.15) is 5.10 Å². The van der Waals surface area contributed by atoms with E-state index in [4.69, 9.17) is 51.5 Å². The molecule has 2 N–H and O–H groups in total. The quantitative estimate of drug-likeness (QED) is 0.218. The lowest BCUT2D eigenvalue weighted by molar-refractivity contribution is -0.116. The van der Waals surface area contributed by atoms with Crippen LogP contribution in [0.4, 0.5) is 16.3 Å². The molecule has 0 bridgehead atoms. The van der Waals surface area contributed by atoms with Gasteiger partial charge in [0, 0.05) is 23.0 Å². The zero-order chi connectivity index (χ0) is 29.0. The summed E-state index contributed by atoms with van der Waals surface area (Å²) in [5.41, 5.74) is 2.31. The number of anilines is 2. The lowest BCUT2D eigenvalue weighted by Gasteiger charge is -2.23. The van der Waals surface area contributed by atoms with Gasteiger partial charge in [-0.05, 0) is 42.0 Å². The number of amides is 3. The molecule has 208 valence electrons. The number of rotatable bonds is 7. The normalized spacial score (nSPS) is 11.3. The molecule has 0 saturated heterocycles. The Morgan fingerprint density at radius 1 is 0.850 bits per heavy atom. The first-order chi connectivity index (χ1) is 18.9. The Hall–Kier alpha value is -3.23. The maximum Gasteiger partial charge on any atom is 0.322 e. The number of halogens is 4. The van der Waals surface area contributed by atoms with E-state index in [9.17, 15) is 9.59 Å². The monoisotopic (exact) mass is 617 g/mol. The molecule has 0 aliphatic rings. The Balaban J connectivity index is 1.60. The summed E-state index contributed by atoms with van der Waals surface area (Å²) in [5.74, 6) is 0.00378. The molecule has 0 spiro atoms. The van der Waals surface area contributed by atoms with Crippen LogP contribution in [0, 0.1) is 0 Å². The van der Waals surface area contributed by atoms with Gasteiger partial charge >= 0.3 is 6.03 Å². The fourth-order valence-corrected chi connectivity index (χ4v) is 4.54. The smallest absolute Gasteiger partial charge is 0.311 e. The average Bonchev–Trinajstić information content (AvgIpc) is 3.32. The fraction of sp³-hybridized carbons (Fsp3) is 0.207. The van der Waals surface area contributed by atoms with Crippen molar-refractivity contribution >= 4 is 69.8 Å². The van der Waals surface area contributed by atoms with Crippen LogP contribution < -0.4 is 10.6 Å². The standard InChI is InChI=1S/C29H27Cl4N5O2/c1-29(2,3)25-15-26(38(36-25)20-10-11-21(31)22(32)14-20)35-27(39)17-37(16-18-7-5-4-6-8-18)28(40)34-24-12-9-19(30)13-23(24)33/h4-15H,16-17H2,1-3H3,(H,34,40)(H,35,39). The van der Waals surface area contributed by atoms with E-state index in [-0.39, 0.29) is 23.5 Å². The molecule has 4 aromatic rings. The molecule has 3 amide bonds. The van der Waals surface area contributed by atoms with Crippen molar-refractivity contribution in [3.05, 3.63) is 104 Å². The lowest BCUT2D eigenvalue weighted by atomic mass is 9.92. The molecule has 0 saturated carbocycles. The minimum absolute atomic E-state index is 0.185. The zero-order valence-corrected chi connectivity index (χ0v) is 25.0. The molecule has 7 nitrogen and oxygen atoms in total. The SMILES string of the molecule is CC(C)(C)c1cc(NC(=O)CN(Cc2ccccc2)C(=O)Nc2ccc(Cl)cc2Cl)n(-c2ccc(Cl)c(Cl)c2)n1. The van der Waals surface area contributed by atoms with Gasteiger partial charge in [0.1, 0.15) is 12.4 Å². The van der Waals surface area contributed by atoms with Gasteiger partial charge in [-0.1, -0.05) is 97.5 Å². The zero-order valence-electron chi connectivity index (χ0n) is 22.0. The largest absolute Gasteiger partial charge is 0.322 e. The van der Waals surface area contributed by atoms with E-state index in [0.29, 0.717) is 32.3 Å². The minimum atomic E-state index is -0.503. The highest BCUT2D eigenvalue weighted by Gasteiger charge is 2.24. The summed E-state index contributed by atoms with van der Waals surface area (Å²) < 4.78 is 1.59. The highest BCUT2D eigenvalue weighted by atomic mass is 35.5. The third-order valence-electron chi connectivity index (χ3n) is 5.90. The predicted molar refractivity (Wildman–Crippen MR) is 163 cm³/mol. The number of nitrogens with one attached hydrogen (secondary N) is 2. The first kappa shape index (κ1) is 29.7. The second-order valence-electron chi connectivity index (χ2n) is 10.1. The fourth-order valence-electron chi connectivity index (χ4n) is 3.79. The summed E-state index contributed by atoms with van der Waals surface area (Å²) in [5, 5.41) is 11.9. The highest BCUT2D eigenvalue weighted by Crippen LogP contribution is 2.30. The van der Waals surface area contributed by atoms with Crippen molar-refractivity contribution in [1.29, 1.82) is 0 Å². The van der Waals surface area contributed by atoms with Crippen molar-refractivity contribution in [3.63, 3.8) is 0 Å². The van der Waals surface area contributed by atoms with Gasteiger partial charge in [-0.15, -0.1) is 0 Å². The number of benzene rings is 3. The highest BCUT2D eigenvalue weighted by molar-refractivity contribution is 6.42. The van der Waals surface area contributed by atoms with E-state index in [0.717, 1.165) is 11.3 Å². The summed E-state index contributed by atoms with van der Waals surface area (Å²) in [6.07, 6.45) is 0. The molecule has 1 heterocycles. The molecular weight excluding hydrogens is 592 g/mol. The molecule has 0 aliphatic heterocycles. The molecule has 0 fully saturated rings. The Morgan fingerprint density at radius 2 is 1.57 bits per heavy atom. The average molecular weight is 619 g/mol. The first-order valence-corrected chi connectivity index (χ1v) is 13.8. The van der Waals surface area contributed by atoms with Crippen molar-refractivity contribution in [3.8, 4) is 5.69 Å². The van der Waals surface area contributed by atoms with E-state index in [2.05, 4.69) is 10.6 Å². The summed E-state index contributed by atoms with van der Waals surface area (Å²) in [6.45, 7) is 6.00. The van der Waals surface area contributed by atoms with Crippen LogP contribution in [-0.2, 0) is 16.8 Å². The van der Waals surface area contributed by atoms with E-state index in [1.54, 1.807) is 41.1 Å². The third kappa shape index (κ3) is 7.49. The van der Waals surface area contributed by atoms with Gasteiger partial charge < -0.3 is 15.5 Å². The van der Waals surface area contributed by atoms with Crippen LogP contribution in [0.1, 0.15) is 32.0 Å². The predicted octanol–water partition coefficient (Wildman–Crippen LogP) is 8.46. The Kier molecular flexibility index (Phi) is 9.31. The van der Waals surface area contributed by atoms with E-state index in [1.807, 2.05) is 51.1 Å². The molecule has 0 unspecified atom stereocenters. The molecule has 40 heavy (non-hydrogen) atoms. The summed E-state index contributed by atoms with van der Waals surface area (Å²) in [7, 11) is 0. The van der Waals surface area contributed by atoms with Crippen LogP contribution in [0.5, 0.6) is 0 Å². The van der Waals surface area contributed by atoms with Crippen LogP contribution >= 0.6 is 46.4 Å². The topological polar surface area (TPSA) is 79.3 Å². The molecule has 0 radical (unpaired) electrons. The van der Waals surface area contributed by atoms with E-state index >= 15 is 0 Å². The van der Waals surface area contributed by atoms with Crippen LogP contribution in [0.3, 0.4) is 0 Å². The number of carbonyl (C=O) groups is 2. The molecule has 1 aromatic heterocycles. The van der Waals surface area contributed by atoms with Crippen molar-refractivity contribution in [2.24, 2.45) is 0 Å². The van der Waals surface area contributed by atoms with Crippen molar-refractivity contribution < 1.29 is 9.59 Å².